The molecule has 2 aromatic carbocycles. The number of ether oxygens (including phenoxy) is 1. The van der Waals surface area contributed by atoms with Gasteiger partial charge in [-0.25, -0.2) is 4.99 Å². The Balaban J connectivity index is 1.61. The van der Waals surface area contributed by atoms with Crippen LogP contribution in [0.15, 0.2) is 53.5 Å². The summed E-state index contributed by atoms with van der Waals surface area (Å²) in [7, 11) is 1.69. The van der Waals surface area contributed by atoms with Crippen molar-refractivity contribution in [2.45, 2.75) is 40.0 Å². The molecule has 4 nitrogen and oxygen atoms in total. The highest BCUT2D eigenvalue weighted by Crippen LogP contribution is 2.45. The lowest BCUT2D eigenvalue weighted by Crippen LogP contribution is -2.26. The number of aromatic amines is 1. The molecule has 172 valence electrons. The summed E-state index contributed by atoms with van der Waals surface area (Å²) in [5, 5.41) is 11.8. The number of hydrogen-bond acceptors (Lipinski definition) is 4. The second-order valence-electron chi connectivity index (χ2n) is 10.0. The van der Waals surface area contributed by atoms with Crippen LogP contribution < -0.4 is 4.74 Å². The highest BCUT2D eigenvalue weighted by atomic mass is 32.1. The zero-order valence-electron chi connectivity index (χ0n) is 20.1. The summed E-state index contributed by atoms with van der Waals surface area (Å²) in [5.41, 5.74) is 6.27. The van der Waals surface area contributed by atoms with Gasteiger partial charge in [-0.05, 0) is 47.8 Å². The second kappa shape index (κ2) is 8.77. The zero-order chi connectivity index (χ0) is 23.9. The standard InChI is InChI=1S/C29H29N3OS/c1-29(2,3)19-13-14-20-22(16-30)28(34-25(20)15-19)31-17-23-21-11-8-12-24(33-4)27(21)32-26(23)18-9-6-5-7-10-18/h5-12,17,19,32H,13-15H2,1-4H3/t19-/m0/s1. The minimum absolute atomic E-state index is 0.269. The SMILES string of the molecule is COc1cccc2c(C=Nc3sc4c(c3C#N)CC[C@H](C(C)(C)C)C4)c(-c3ccccc3)[nH]c12. The van der Waals surface area contributed by atoms with Gasteiger partial charge in [0.25, 0.3) is 0 Å². The molecular formula is C29H29N3OS. The monoisotopic (exact) mass is 467 g/mol. The number of benzene rings is 2. The van der Waals surface area contributed by atoms with Gasteiger partial charge in [0.05, 0.1) is 23.9 Å². The largest absolute Gasteiger partial charge is 0.495 e. The van der Waals surface area contributed by atoms with Crippen molar-refractivity contribution in [3.05, 3.63) is 70.1 Å². The van der Waals surface area contributed by atoms with Gasteiger partial charge in [-0.1, -0.05) is 63.2 Å². The third-order valence-electron chi connectivity index (χ3n) is 7.01. The smallest absolute Gasteiger partial charge is 0.142 e. The van der Waals surface area contributed by atoms with Crippen LogP contribution in [0.5, 0.6) is 5.75 Å². The summed E-state index contributed by atoms with van der Waals surface area (Å²) in [6.07, 6.45) is 5.05. The van der Waals surface area contributed by atoms with Gasteiger partial charge in [-0.3, -0.25) is 0 Å². The zero-order valence-corrected chi connectivity index (χ0v) is 20.9. The first-order valence-electron chi connectivity index (χ1n) is 11.7. The summed E-state index contributed by atoms with van der Waals surface area (Å²) in [5.74, 6) is 1.43. The van der Waals surface area contributed by atoms with Crippen LogP contribution in [-0.4, -0.2) is 18.3 Å². The minimum atomic E-state index is 0.269. The fourth-order valence-electron chi connectivity index (χ4n) is 4.99. The van der Waals surface area contributed by atoms with Gasteiger partial charge in [0.15, 0.2) is 0 Å². The molecule has 1 atom stereocenters. The molecule has 1 N–H and O–H groups in total. The van der Waals surface area contributed by atoms with Gasteiger partial charge in [0, 0.05) is 22.0 Å². The Hall–Kier alpha value is -3.36. The number of hydrogen-bond donors (Lipinski definition) is 1. The van der Waals surface area contributed by atoms with Crippen LogP contribution in [0.4, 0.5) is 5.00 Å². The molecule has 1 aliphatic rings. The molecule has 0 radical (unpaired) electrons. The highest BCUT2D eigenvalue weighted by Gasteiger charge is 2.32. The molecule has 0 fully saturated rings. The predicted octanol–water partition coefficient (Wildman–Crippen LogP) is 7.68. The predicted molar refractivity (Wildman–Crippen MR) is 142 cm³/mol. The quantitative estimate of drug-likeness (QED) is 0.313. The van der Waals surface area contributed by atoms with Crippen LogP contribution in [0.3, 0.4) is 0 Å². The summed E-state index contributed by atoms with van der Waals surface area (Å²) in [6.45, 7) is 6.95. The van der Waals surface area contributed by atoms with E-state index in [1.807, 2.05) is 36.5 Å². The lowest BCUT2D eigenvalue weighted by atomic mass is 9.72. The van der Waals surface area contributed by atoms with E-state index in [0.29, 0.717) is 5.92 Å². The number of nitriles is 1. The van der Waals surface area contributed by atoms with Crippen molar-refractivity contribution in [3.8, 4) is 23.1 Å². The molecule has 0 spiro atoms. The van der Waals surface area contributed by atoms with Crippen molar-refractivity contribution in [1.29, 1.82) is 5.26 Å². The third kappa shape index (κ3) is 3.93. The van der Waals surface area contributed by atoms with Crippen molar-refractivity contribution in [3.63, 3.8) is 0 Å². The maximum atomic E-state index is 9.98. The molecular weight excluding hydrogens is 438 g/mol. The number of fused-ring (bicyclic) bond motifs is 2. The molecule has 0 amide bonds. The Bertz CT molecular complexity index is 1410. The van der Waals surface area contributed by atoms with Crippen LogP contribution in [0, 0.1) is 22.7 Å². The molecule has 5 rings (SSSR count). The second-order valence-corrected chi connectivity index (χ2v) is 11.1. The molecule has 0 bridgehead atoms. The fraction of sp³-hybridized carbons (Fsp3) is 0.310. The van der Waals surface area contributed by atoms with Gasteiger partial charge in [-0.2, -0.15) is 5.26 Å². The molecule has 0 unspecified atom stereocenters. The first-order valence-corrected chi connectivity index (χ1v) is 12.5. The Kier molecular flexibility index (Phi) is 5.79. The third-order valence-corrected chi connectivity index (χ3v) is 8.17. The van der Waals surface area contributed by atoms with E-state index in [-0.39, 0.29) is 5.41 Å². The minimum Gasteiger partial charge on any atom is -0.495 e. The number of para-hydroxylation sites is 1. The van der Waals surface area contributed by atoms with Gasteiger partial charge in [-0.15, -0.1) is 11.3 Å². The molecule has 2 aromatic heterocycles. The molecule has 0 saturated carbocycles. The van der Waals surface area contributed by atoms with E-state index < -0.39 is 0 Å². The van der Waals surface area contributed by atoms with Crippen LogP contribution in [-0.2, 0) is 12.8 Å². The number of thiophene rings is 1. The van der Waals surface area contributed by atoms with E-state index in [9.17, 15) is 5.26 Å². The topological polar surface area (TPSA) is 61.2 Å². The average molecular weight is 468 g/mol. The summed E-state index contributed by atoms with van der Waals surface area (Å²) < 4.78 is 5.61. The summed E-state index contributed by atoms with van der Waals surface area (Å²) in [6, 6.07) is 18.8. The van der Waals surface area contributed by atoms with E-state index in [4.69, 9.17) is 9.73 Å². The van der Waals surface area contributed by atoms with E-state index in [1.165, 1.54) is 10.4 Å². The number of aliphatic imine (C=N–C) groups is 1. The number of nitrogens with zero attached hydrogens (tertiary/aromatic N) is 2. The Morgan fingerprint density at radius 1 is 1.15 bits per heavy atom. The Morgan fingerprint density at radius 3 is 2.65 bits per heavy atom. The maximum Gasteiger partial charge on any atom is 0.142 e. The lowest BCUT2D eigenvalue weighted by Gasteiger charge is -2.33. The number of H-pyrrole nitrogens is 1. The van der Waals surface area contributed by atoms with Gasteiger partial charge < -0.3 is 9.72 Å². The summed E-state index contributed by atoms with van der Waals surface area (Å²) in [4.78, 5) is 9.80. The van der Waals surface area contributed by atoms with Gasteiger partial charge in [0.1, 0.15) is 16.8 Å². The normalized spacial score (nSPS) is 16.0. The number of rotatable bonds is 4. The van der Waals surface area contributed by atoms with Crippen molar-refractivity contribution in [2.75, 3.05) is 7.11 Å². The van der Waals surface area contributed by atoms with Crippen molar-refractivity contribution < 1.29 is 4.74 Å². The van der Waals surface area contributed by atoms with Crippen LogP contribution in [0.2, 0.25) is 0 Å². The summed E-state index contributed by atoms with van der Waals surface area (Å²) >= 11 is 1.69. The van der Waals surface area contributed by atoms with Gasteiger partial charge >= 0.3 is 0 Å². The van der Waals surface area contributed by atoms with E-state index in [0.717, 1.165) is 63.3 Å². The van der Waals surface area contributed by atoms with E-state index >= 15 is 0 Å². The molecule has 0 aliphatic heterocycles. The highest BCUT2D eigenvalue weighted by molar-refractivity contribution is 7.16. The molecule has 34 heavy (non-hydrogen) atoms. The molecule has 1 aliphatic carbocycles. The van der Waals surface area contributed by atoms with Gasteiger partial charge in [0.2, 0.25) is 0 Å². The number of nitrogens with one attached hydrogen (secondary N) is 1. The maximum absolute atomic E-state index is 9.98. The average Bonchev–Trinajstić information content (AvgIpc) is 3.39. The van der Waals surface area contributed by atoms with E-state index in [1.54, 1.807) is 18.4 Å². The molecule has 2 heterocycles. The van der Waals surface area contributed by atoms with Crippen LogP contribution >= 0.6 is 11.3 Å². The van der Waals surface area contributed by atoms with Crippen molar-refractivity contribution in [2.24, 2.45) is 16.3 Å². The molecule has 4 aromatic rings. The first-order chi connectivity index (χ1) is 16.4. The Labute approximate surface area is 204 Å². The van der Waals surface area contributed by atoms with Crippen molar-refractivity contribution in [1.82, 2.24) is 4.98 Å². The van der Waals surface area contributed by atoms with E-state index in [2.05, 4.69) is 50.0 Å². The van der Waals surface area contributed by atoms with Crippen LogP contribution in [0.25, 0.3) is 22.2 Å². The lowest BCUT2D eigenvalue weighted by molar-refractivity contribution is 0.218. The van der Waals surface area contributed by atoms with Crippen LogP contribution in [0.1, 0.15) is 48.8 Å². The first kappa shape index (κ1) is 22.4. The fourth-order valence-corrected chi connectivity index (χ4v) is 6.21. The number of methoxy groups -OCH3 is 1. The Morgan fingerprint density at radius 2 is 1.94 bits per heavy atom. The van der Waals surface area contributed by atoms with Crippen molar-refractivity contribution >= 4 is 33.5 Å². The molecule has 5 heteroatoms. The molecule has 0 saturated heterocycles. The number of aromatic nitrogens is 1.